The van der Waals surface area contributed by atoms with Crippen LogP contribution in [0.15, 0.2) is 28.1 Å². The van der Waals surface area contributed by atoms with Gasteiger partial charge >= 0.3 is 0 Å². The van der Waals surface area contributed by atoms with Gasteiger partial charge in [-0.3, -0.25) is 4.90 Å². The molecule has 9 nitrogen and oxygen atoms in total. The Kier molecular flexibility index (Phi) is 4.71. The largest absolute Gasteiger partial charge is 0.396 e. The molecule has 1 aromatic carbocycles. The number of rotatable bonds is 5. The van der Waals surface area contributed by atoms with E-state index in [4.69, 9.17) is 5.11 Å². The van der Waals surface area contributed by atoms with Gasteiger partial charge in [-0.1, -0.05) is 6.07 Å². The standard InChI is InChI=1S/C12H16N6O3S2/c19-6-2-5-18-7-13-12(14-8-18)17-23(20,21)10-4-1-3-9-11(10)16-22-15-9/h1,3-4,19H,2,5-8H2,(H2,13,14,17). The van der Waals surface area contributed by atoms with E-state index in [9.17, 15) is 8.42 Å². The lowest BCUT2D eigenvalue weighted by Crippen LogP contribution is -2.50. The third kappa shape index (κ3) is 3.58. The lowest BCUT2D eigenvalue weighted by atomic mass is 10.3. The van der Waals surface area contributed by atoms with Crippen LogP contribution in [0.3, 0.4) is 0 Å². The number of nitrogens with zero attached hydrogens (tertiary/aromatic N) is 4. The summed E-state index contributed by atoms with van der Waals surface area (Å²) in [7, 11) is -3.79. The number of hydrogen-bond acceptors (Lipinski definition) is 9. The van der Waals surface area contributed by atoms with Crippen LogP contribution in [-0.2, 0) is 10.0 Å². The number of guanidine groups is 1. The van der Waals surface area contributed by atoms with Crippen molar-refractivity contribution in [3.63, 3.8) is 0 Å². The first kappa shape index (κ1) is 16.1. The first-order valence-corrected chi connectivity index (χ1v) is 9.17. The minimum Gasteiger partial charge on any atom is -0.396 e. The number of aliphatic hydroxyl groups excluding tert-OH is 1. The van der Waals surface area contributed by atoms with Gasteiger partial charge < -0.3 is 10.4 Å². The molecule has 1 aliphatic heterocycles. The number of aliphatic hydroxyl groups is 1. The average molecular weight is 356 g/mol. The molecule has 0 atom stereocenters. The highest BCUT2D eigenvalue weighted by Gasteiger charge is 2.22. The van der Waals surface area contributed by atoms with Crippen molar-refractivity contribution >= 4 is 38.7 Å². The maximum absolute atomic E-state index is 12.5. The highest BCUT2D eigenvalue weighted by molar-refractivity contribution is 7.90. The molecule has 1 aliphatic rings. The molecule has 23 heavy (non-hydrogen) atoms. The van der Waals surface area contributed by atoms with Crippen molar-refractivity contribution in [1.82, 2.24) is 23.7 Å². The molecule has 2 aromatic rings. The monoisotopic (exact) mass is 356 g/mol. The van der Waals surface area contributed by atoms with Crippen molar-refractivity contribution in [2.75, 3.05) is 26.5 Å². The fourth-order valence-electron chi connectivity index (χ4n) is 2.16. The van der Waals surface area contributed by atoms with Crippen LogP contribution in [-0.4, -0.2) is 59.6 Å². The number of aromatic nitrogens is 2. The SMILES string of the molecule is O=S(=O)(NC1=NCN(CCCO)CN1)c1cccc2nsnc12. The quantitative estimate of drug-likeness (QED) is 0.662. The van der Waals surface area contributed by atoms with E-state index >= 15 is 0 Å². The molecule has 0 spiro atoms. The third-order valence-electron chi connectivity index (χ3n) is 3.30. The molecule has 3 N–H and O–H groups in total. The summed E-state index contributed by atoms with van der Waals surface area (Å²) in [6.07, 6.45) is 0.650. The molecule has 11 heteroatoms. The summed E-state index contributed by atoms with van der Waals surface area (Å²) in [5.41, 5.74) is 0.901. The Hall–Kier alpha value is -1.82. The van der Waals surface area contributed by atoms with E-state index in [2.05, 4.69) is 23.8 Å². The van der Waals surface area contributed by atoms with Crippen molar-refractivity contribution in [2.24, 2.45) is 4.99 Å². The van der Waals surface area contributed by atoms with Crippen molar-refractivity contribution in [1.29, 1.82) is 0 Å². The predicted molar refractivity (Wildman–Crippen MR) is 86.5 cm³/mol. The van der Waals surface area contributed by atoms with Gasteiger partial charge in [0.1, 0.15) is 15.9 Å². The van der Waals surface area contributed by atoms with E-state index in [0.29, 0.717) is 37.3 Å². The molecular formula is C12H16N6O3S2. The molecular weight excluding hydrogens is 340 g/mol. The molecule has 124 valence electrons. The van der Waals surface area contributed by atoms with Crippen LogP contribution in [0.4, 0.5) is 0 Å². The lowest BCUT2D eigenvalue weighted by Gasteiger charge is -2.26. The van der Waals surface area contributed by atoms with Gasteiger partial charge in [0.15, 0.2) is 0 Å². The summed E-state index contributed by atoms with van der Waals surface area (Å²) in [6, 6.07) is 4.83. The molecule has 0 unspecified atom stereocenters. The molecule has 0 bridgehead atoms. The second kappa shape index (κ2) is 6.74. The lowest BCUT2D eigenvalue weighted by molar-refractivity contribution is 0.218. The van der Waals surface area contributed by atoms with Crippen LogP contribution < -0.4 is 10.0 Å². The zero-order chi connectivity index (χ0) is 16.3. The number of fused-ring (bicyclic) bond motifs is 1. The fraction of sp³-hybridized carbons (Fsp3) is 0.417. The van der Waals surface area contributed by atoms with Crippen molar-refractivity contribution < 1.29 is 13.5 Å². The summed E-state index contributed by atoms with van der Waals surface area (Å²) < 4.78 is 35.6. The summed E-state index contributed by atoms with van der Waals surface area (Å²) in [5.74, 6) is 0.199. The predicted octanol–water partition coefficient (Wildman–Crippen LogP) is -0.472. The van der Waals surface area contributed by atoms with Gasteiger partial charge in [-0.25, -0.2) is 18.1 Å². The number of aliphatic imine (C=N–C) groups is 1. The van der Waals surface area contributed by atoms with E-state index in [-0.39, 0.29) is 17.5 Å². The van der Waals surface area contributed by atoms with Crippen LogP contribution in [0.1, 0.15) is 6.42 Å². The number of hydrogen-bond donors (Lipinski definition) is 3. The third-order valence-corrected chi connectivity index (χ3v) is 5.21. The molecule has 0 saturated heterocycles. The molecule has 1 aromatic heterocycles. The molecule has 0 fully saturated rings. The second-order valence-corrected chi connectivity index (χ2v) is 7.13. The van der Waals surface area contributed by atoms with Gasteiger partial charge in [-0.05, 0) is 18.6 Å². The Morgan fingerprint density at radius 1 is 1.39 bits per heavy atom. The summed E-state index contributed by atoms with van der Waals surface area (Å²) in [4.78, 5) is 6.21. The molecule has 2 heterocycles. The van der Waals surface area contributed by atoms with E-state index in [1.54, 1.807) is 12.1 Å². The van der Waals surface area contributed by atoms with Crippen molar-refractivity contribution in [3.8, 4) is 0 Å². The average Bonchev–Trinajstić information content (AvgIpc) is 3.02. The molecule has 0 saturated carbocycles. The van der Waals surface area contributed by atoms with Crippen LogP contribution >= 0.6 is 11.7 Å². The zero-order valence-corrected chi connectivity index (χ0v) is 13.8. The van der Waals surface area contributed by atoms with Gasteiger partial charge in [0.2, 0.25) is 5.96 Å². The van der Waals surface area contributed by atoms with Crippen molar-refractivity contribution in [3.05, 3.63) is 18.2 Å². The zero-order valence-electron chi connectivity index (χ0n) is 12.1. The topological polar surface area (TPSA) is 120 Å². The Bertz CT molecular complexity index is 819. The van der Waals surface area contributed by atoms with E-state index < -0.39 is 10.0 Å². The summed E-state index contributed by atoms with van der Waals surface area (Å²) in [6.45, 7) is 1.64. The van der Waals surface area contributed by atoms with Gasteiger partial charge in [0.25, 0.3) is 10.0 Å². The van der Waals surface area contributed by atoms with E-state index in [1.807, 2.05) is 4.90 Å². The fourth-order valence-corrected chi connectivity index (χ4v) is 3.93. The maximum Gasteiger partial charge on any atom is 0.266 e. The molecule has 3 rings (SSSR count). The Morgan fingerprint density at radius 3 is 3.00 bits per heavy atom. The Labute approximate surface area is 137 Å². The van der Waals surface area contributed by atoms with Crippen LogP contribution in [0.25, 0.3) is 11.0 Å². The Balaban J connectivity index is 1.75. The van der Waals surface area contributed by atoms with Gasteiger partial charge in [-0.2, -0.15) is 8.75 Å². The summed E-state index contributed by atoms with van der Waals surface area (Å²) >= 11 is 0.972. The highest BCUT2D eigenvalue weighted by Crippen LogP contribution is 2.20. The first-order chi connectivity index (χ1) is 11.1. The number of benzene rings is 1. The first-order valence-electron chi connectivity index (χ1n) is 6.96. The highest BCUT2D eigenvalue weighted by atomic mass is 32.2. The number of nitrogens with one attached hydrogen (secondary N) is 2. The summed E-state index contributed by atoms with van der Waals surface area (Å²) in [5, 5.41) is 11.7. The van der Waals surface area contributed by atoms with Crippen LogP contribution in [0, 0.1) is 0 Å². The van der Waals surface area contributed by atoms with Crippen LogP contribution in [0.5, 0.6) is 0 Å². The van der Waals surface area contributed by atoms with Gasteiger partial charge in [0, 0.05) is 13.2 Å². The Morgan fingerprint density at radius 2 is 2.26 bits per heavy atom. The van der Waals surface area contributed by atoms with Gasteiger partial charge in [-0.15, -0.1) is 0 Å². The molecule has 0 radical (unpaired) electrons. The minimum atomic E-state index is -3.79. The maximum atomic E-state index is 12.5. The molecule has 0 aliphatic carbocycles. The van der Waals surface area contributed by atoms with E-state index in [1.165, 1.54) is 6.07 Å². The minimum absolute atomic E-state index is 0.0796. The van der Waals surface area contributed by atoms with Crippen molar-refractivity contribution in [2.45, 2.75) is 11.3 Å². The normalized spacial score (nSPS) is 16.1. The van der Waals surface area contributed by atoms with Gasteiger partial charge in [0.05, 0.1) is 25.1 Å². The smallest absolute Gasteiger partial charge is 0.266 e. The number of sulfonamides is 1. The van der Waals surface area contributed by atoms with Crippen LogP contribution in [0.2, 0.25) is 0 Å². The van der Waals surface area contributed by atoms with E-state index in [0.717, 1.165) is 11.7 Å². The second-order valence-electron chi connectivity index (χ2n) is 4.95. The molecule has 0 amide bonds.